The Morgan fingerprint density at radius 2 is 2.18 bits per heavy atom. The normalized spacial score (nSPS) is 55.7. The van der Waals surface area contributed by atoms with Crippen LogP contribution < -0.4 is 0 Å². The number of ketones is 1. The predicted octanol–water partition coefficient (Wildman–Crippen LogP) is 2.58. The molecule has 0 N–H and O–H groups in total. The summed E-state index contributed by atoms with van der Waals surface area (Å²) in [4.78, 5) is 12.7. The van der Waals surface area contributed by atoms with Gasteiger partial charge in [-0.15, -0.1) is 0 Å². The number of ether oxygens (including phenoxy) is 1. The SMILES string of the molecule is CC1=C2C(=O)C3C(C)COC3CC2(C)C2CC12. The molecule has 0 spiro atoms. The fourth-order valence-corrected chi connectivity index (χ4v) is 4.98. The van der Waals surface area contributed by atoms with Crippen molar-refractivity contribution in [2.24, 2.45) is 29.1 Å². The minimum Gasteiger partial charge on any atom is -0.377 e. The number of fused-ring (bicyclic) bond motifs is 4. The largest absolute Gasteiger partial charge is 0.377 e. The maximum Gasteiger partial charge on any atom is 0.165 e. The van der Waals surface area contributed by atoms with Gasteiger partial charge in [0.1, 0.15) is 0 Å². The third kappa shape index (κ3) is 1.04. The van der Waals surface area contributed by atoms with Crippen molar-refractivity contribution in [1.29, 1.82) is 0 Å². The fourth-order valence-electron chi connectivity index (χ4n) is 4.98. The van der Waals surface area contributed by atoms with Crippen molar-refractivity contribution >= 4 is 5.78 Å². The maximum absolute atomic E-state index is 12.7. The maximum atomic E-state index is 12.7. The average molecular weight is 232 g/mol. The summed E-state index contributed by atoms with van der Waals surface area (Å²) in [5.41, 5.74) is 2.77. The lowest BCUT2D eigenvalue weighted by atomic mass is 9.63. The molecule has 2 heteroatoms. The number of allylic oxidation sites excluding steroid dienone is 2. The quantitative estimate of drug-likeness (QED) is 0.641. The molecule has 92 valence electrons. The van der Waals surface area contributed by atoms with Gasteiger partial charge in [-0.1, -0.05) is 19.4 Å². The van der Waals surface area contributed by atoms with Crippen LogP contribution in [0.3, 0.4) is 0 Å². The molecule has 1 saturated heterocycles. The first-order valence-electron chi connectivity index (χ1n) is 6.91. The van der Waals surface area contributed by atoms with Crippen molar-refractivity contribution in [3.8, 4) is 0 Å². The molecule has 0 aromatic carbocycles. The van der Waals surface area contributed by atoms with Gasteiger partial charge in [0, 0.05) is 11.0 Å². The highest BCUT2D eigenvalue weighted by molar-refractivity contribution is 6.02. The molecule has 6 atom stereocenters. The van der Waals surface area contributed by atoms with E-state index in [0.29, 0.717) is 11.7 Å². The van der Waals surface area contributed by atoms with Gasteiger partial charge >= 0.3 is 0 Å². The van der Waals surface area contributed by atoms with Gasteiger partial charge in [0.15, 0.2) is 5.78 Å². The topological polar surface area (TPSA) is 26.3 Å². The summed E-state index contributed by atoms with van der Waals surface area (Å²) in [7, 11) is 0. The van der Waals surface area contributed by atoms with Crippen LogP contribution in [0.5, 0.6) is 0 Å². The monoisotopic (exact) mass is 232 g/mol. The molecule has 4 rings (SSSR count). The van der Waals surface area contributed by atoms with E-state index < -0.39 is 0 Å². The molecule has 17 heavy (non-hydrogen) atoms. The Labute approximate surface area is 102 Å². The summed E-state index contributed by atoms with van der Waals surface area (Å²) < 4.78 is 5.87. The van der Waals surface area contributed by atoms with E-state index in [-0.39, 0.29) is 17.4 Å². The van der Waals surface area contributed by atoms with Crippen LogP contribution >= 0.6 is 0 Å². The van der Waals surface area contributed by atoms with Crippen LogP contribution in [-0.2, 0) is 9.53 Å². The lowest BCUT2D eigenvalue weighted by molar-refractivity contribution is -0.126. The smallest absolute Gasteiger partial charge is 0.165 e. The molecule has 0 radical (unpaired) electrons. The zero-order chi connectivity index (χ0) is 11.9. The highest BCUT2D eigenvalue weighted by atomic mass is 16.5. The molecule has 1 aliphatic heterocycles. The third-order valence-electron chi connectivity index (χ3n) is 5.89. The van der Waals surface area contributed by atoms with Crippen LogP contribution in [-0.4, -0.2) is 18.5 Å². The molecule has 4 aliphatic rings. The molecule has 0 bridgehead atoms. The summed E-state index contributed by atoms with van der Waals surface area (Å²) in [5.74, 6) is 2.48. The van der Waals surface area contributed by atoms with Crippen LogP contribution in [0.25, 0.3) is 0 Å². The number of rotatable bonds is 0. The second-order valence-electron chi connectivity index (χ2n) is 6.87. The number of hydrogen-bond donors (Lipinski definition) is 0. The van der Waals surface area contributed by atoms with E-state index in [0.717, 1.165) is 24.9 Å². The van der Waals surface area contributed by atoms with Crippen LogP contribution in [0.4, 0.5) is 0 Å². The fraction of sp³-hybridized carbons (Fsp3) is 0.800. The van der Waals surface area contributed by atoms with Crippen LogP contribution in [0, 0.1) is 29.1 Å². The Kier molecular flexibility index (Phi) is 1.73. The second-order valence-corrected chi connectivity index (χ2v) is 6.87. The Hall–Kier alpha value is -0.630. The molecule has 0 aromatic heterocycles. The molecule has 2 nitrogen and oxygen atoms in total. The summed E-state index contributed by atoms with van der Waals surface area (Å²) in [5, 5.41) is 0. The second kappa shape index (κ2) is 2.85. The molecule has 0 aromatic rings. The highest BCUT2D eigenvalue weighted by Gasteiger charge is 2.65. The summed E-state index contributed by atoms with van der Waals surface area (Å²) in [6.07, 6.45) is 2.60. The van der Waals surface area contributed by atoms with Crippen LogP contribution in [0.1, 0.15) is 33.6 Å². The third-order valence-corrected chi connectivity index (χ3v) is 5.89. The Balaban J connectivity index is 1.83. The minimum atomic E-state index is 0.150. The highest BCUT2D eigenvalue weighted by Crippen LogP contribution is 2.69. The van der Waals surface area contributed by atoms with Crippen molar-refractivity contribution in [3.63, 3.8) is 0 Å². The first kappa shape index (κ1) is 10.3. The van der Waals surface area contributed by atoms with Gasteiger partial charge in [-0.2, -0.15) is 0 Å². The first-order valence-corrected chi connectivity index (χ1v) is 6.91. The molecule has 3 aliphatic carbocycles. The number of carbonyl (C=O) groups is 1. The number of hydrogen-bond acceptors (Lipinski definition) is 2. The molecule has 6 unspecified atom stereocenters. The average Bonchev–Trinajstić information content (AvgIpc) is 2.94. The zero-order valence-electron chi connectivity index (χ0n) is 10.8. The Morgan fingerprint density at radius 3 is 2.94 bits per heavy atom. The van der Waals surface area contributed by atoms with Gasteiger partial charge in [-0.25, -0.2) is 0 Å². The van der Waals surface area contributed by atoms with Gasteiger partial charge < -0.3 is 4.74 Å². The van der Waals surface area contributed by atoms with Gasteiger partial charge in [-0.05, 0) is 37.5 Å². The molecule has 1 heterocycles. The van der Waals surface area contributed by atoms with Crippen LogP contribution in [0.2, 0.25) is 0 Å². The van der Waals surface area contributed by atoms with Crippen molar-refractivity contribution < 1.29 is 9.53 Å². The molecule has 3 fully saturated rings. The van der Waals surface area contributed by atoms with Crippen molar-refractivity contribution in [2.45, 2.75) is 39.7 Å². The predicted molar refractivity (Wildman–Crippen MR) is 64.4 cm³/mol. The van der Waals surface area contributed by atoms with E-state index >= 15 is 0 Å². The first-order chi connectivity index (χ1) is 8.04. The zero-order valence-corrected chi connectivity index (χ0v) is 10.8. The summed E-state index contributed by atoms with van der Waals surface area (Å²) in [6.45, 7) is 7.45. The minimum absolute atomic E-state index is 0.150. The van der Waals surface area contributed by atoms with Crippen molar-refractivity contribution in [1.82, 2.24) is 0 Å². The van der Waals surface area contributed by atoms with E-state index in [2.05, 4.69) is 20.8 Å². The van der Waals surface area contributed by atoms with E-state index in [1.54, 1.807) is 0 Å². The number of Topliss-reactive ketones (excluding diaryl/α,β-unsaturated/α-hetero) is 1. The Morgan fingerprint density at radius 1 is 1.41 bits per heavy atom. The van der Waals surface area contributed by atoms with Gasteiger partial charge in [0.2, 0.25) is 0 Å². The van der Waals surface area contributed by atoms with Gasteiger partial charge in [0.25, 0.3) is 0 Å². The van der Waals surface area contributed by atoms with E-state index in [1.807, 2.05) is 0 Å². The van der Waals surface area contributed by atoms with E-state index in [1.165, 1.54) is 17.6 Å². The standard InChI is InChI=1S/C15H20O2/c1-7-6-17-11-5-15(3)10-4-9(10)8(2)13(15)14(16)12(7)11/h7,9-12H,4-6H2,1-3H3. The van der Waals surface area contributed by atoms with Gasteiger partial charge in [-0.3, -0.25) is 4.79 Å². The summed E-state index contributed by atoms with van der Waals surface area (Å²) >= 11 is 0. The van der Waals surface area contributed by atoms with Crippen molar-refractivity contribution in [2.75, 3.05) is 6.61 Å². The molecular weight excluding hydrogens is 212 g/mol. The Bertz CT molecular complexity index is 450. The van der Waals surface area contributed by atoms with E-state index in [4.69, 9.17) is 4.74 Å². The van der Waals surface area contributed by atoms with Gasteiger partial charge in [0.05, 0.1) is 18.6 Å². The van der Waals surface area contributed by atoms with E-state index in [9.17, 15) is 4.79 Å². The van der Waals surface area contributed by atoms with Crippen molar-refractivity contribution in [3.05, 3.63) is 11.1 Å². The molecule has 0 amide bonds. The number of carbonyl (C=O) groups excluding carboxylic acids is 1. The summed E-state index contributed by atoms with van der Waals surface area (Å²) in [6, 6.07) is 0. The lowest BCUT2D eigenvalue weighted by Crippen LogP contribution is -2.43. The van der Waals surface area contributed by atoms with Crippen LogP contribution in [0.15, 0.2) is 11.1 Å². The molecule has 2 saturated carbocycles. The lowest BCUT2D eigenvalue weighted by Gasteiger charge is -2.40. The molecular formula is C15H20O2.